The molecule has 4 aromatic rings. The first-order valence-corrected chi connectivity index (χ1v) is 10.6. The lowest BCUT2D eigenvalue weighted by Gasteiger charge is -2.20. The predicted octanol–water partition coefficient (Wildman–Crippen LogP) is 1.91. The molecule has 11 heteroatoms. The van der Waals surface area contributed by atoms with Gasteiger partial charge in [0, 0.05) is 26.0 Å². The van der Waals surface area contributed by atoms with Gasteiger partial charge in [0.15, 0.2) is 0 Å². The summed E-state index contributed by atoms with van der Waals surface area (Å²) in [7, 11) is 1.61. The highest BCUT2D eigenvalue weighted by atomic mass is 16.5. The summed E-state index contributed by atoms with van der Waals surface area (Å²) < 4.78 is 11.3. The molecule has 0 unspecified atom stereocenters. The van der Waals surface area contributed by atoms with Crippen LogP contribution in [0.3, 0.4) is 0 Å². The average molecular weight is 459 g/mol. The Morgan fingerprint density at radius 1 is 1.21 bits per heavy atom. The Kier molecular flexibility index (Phi) is 5.50. The zero-order valence-corrected chi connectivity index (χ0v) is 18.5. The van der Waals surface area contributed by atoms with Crippen LogP contribution in [0.2, 0.25) is 0 Å². The van der Waals surface area contributed by atoms with Crippen molar-refractivity contribution >= 4 is 17.5 Å². The lowest BCUT2D eigenvalue weighted by molar-refractivity contribution is -0.120. The molecule has 0 aliphatic carbocycles. The van der Waals surface area contributed by atoms with Gasteiger partial charge in [0.25, 0.3) is 11.8 Å². The molecule has 1 aliphatic heterocycles. The molecule has 0 spiro atoms. The number of nitrogens with one attached hydrogen (secondary N) is 2. The van der Waals surface area contributed by atoms with Crippen LogP contribution in [0.5, 0.6) is 5.75 Å². The Hall–Kier alpha value is -4.54. The van der Waals surface area contributed by atoms with Gasteiger partial charge >= 0.3 is 0 Å². The normalized spacial score (nSPS) is 15.4. The van der Waals surface area contributed by atoms with Crippen LogP contribution in [0.15, 0.2) is 52.9 Å². The van der Waals surface area contributed by atoms with Gasteiger partial charge in [0.05, 0.1) is 5.69 Å². The second kappa shape index (κ2) is 8.77. The zero-order chi connectivity index (χ0) is 23.7. The van der Waals surface area contributed by atoms with E-state index in [1.54, 1.807) is 32.2 Å². The third-order valence-corrected chi connectivity index (χ3v) is 5.38. The van der Waals surface area contributed by atoms with E-state index in [4.69, 9.17) is 9.15 Å². The van der Waals surface area contributed by atoms with E-state index in [1.807, 2.05) is 30.3 Å². The smallest absolute Gasteiger partial charge is 0.291 e. The number of anilines is 1. The molecule has 2 N–H and O–H groups in total. The summed E-state index contributed by atoms with van der Waals surface area (Å²) in [4.78, 5) is 31.5. The van der Waals surface area contributed by atoms with Gasteiger partial charge in [-0.05, 0) is 23.8 Å². The molecule has 1 aliphatic rings. The Bertz CT molecular complexity index is 1350. The highest BCUT2D eigenvalue weighted by molar-refractivity contribution is 6.02. The molecule has 0 saturated carbocycles. The van der Waals surface area contributed by atoms with Crippen LogP contribution >= 0.6 is 0 Å². The first-order valence-electron chi connectivity index (χ1n) is 10.6. The Balaban J connectivity index is 1.30. The van der Waals surface area contributed by atoms with Crippen molar-refractivity contribution in [3.63, 3.8) is 0 Å². The van der Waals surface area contributed by atoms with Crippen molar-refractivity contribution in [1.29, 1.82) is 0 Å². The number of ether oxygens (including phenoxy) is 1. The number of amides is 2. The fourth-order valence-electron chi connectivity index (χ4n) is 3.64. The minimum absolute atomic E-state index is 0.0395. The quantitative estimate of drug-likeness (QED) is 0.461. The lowest BCUT2D eigenvalue weighted by Crippen LogP contribution is -2.49. The molecule has 0 bridgehead atoms. The molecule has 0 saturated heterocycles. The number of nitrogens with zero attached hydrogens (tertiary/aromatic N) is 5. The van der Waals surface area contributed by atoms with Gasteiger partial charge in [-0.25, -0.2) is 4.98 Å². The Labute approximate surface area is 194 Å². The van der Waals surface area contributed by atoms with Crippen LogP contribution in [-0.2, 0) is 11.2 Å². The average Bonchev–Trinajstić information content (AvgIpc) is 3.48. The number of rotatable bonds is 5. The second-order valence-corrected chi connectivity index (χ2v) is 7.81. The first-order chi connectivity index (χ1) is 16.5. The maximum Gasteiger partial charge on any atom is 0.291 e. The molecule has 1 atom stereocenters. The minimum atomic E-state index is -0.921. The number of hydrogen-bond acceptors (Lipinski definition) is 8. The first kappa shape index (κ1) is 21.3. The van der Waals surface area contributed by atoms with Gasteiger partial charge in [-0.1, -0.05) is 30.3 Å². The van der Waals surface area contributed by atoms with Crippen LogP contribution in [-0.4, -0.2) is 56.9 Å². The number of carbonyl (C=O) groups is 2. The molecule has 2 aromatic carbocycles. The van der Waals surface area contributed by atoms with Gasteiger partial charge in [0.2, 0.25) is 17.6 Å². The summed E-state index contributed by atoms with van der Waals surface area (Å²) in [6.07, 6.45) is 0.506. The van der Waals surface area contributed by atoms with Crippen LogP contribution in [0, 0.1) is 6.92 Å². The second-order valence-electron chi connectivity index (χ2n) is 7.81. The summed E-state index contributed by atoms with van der Waals surface area (Å²) >= 11 is 0. The number of aryl methyl sites for hydroxylation is 1. The summed E-state index contributed by atoms with van der Waals surface area (Å²) in [5.74, 6) is 0.865. The van der Waals surface area contributed by atoms with Crippen LogP contribution < -0.4 is 15.0 Å². The van der Waals surface area contributed by atoms with E-state index < -0.39 is 11.9 Å². The molecular weight excluding hydrogens is 438 g/mol. The van der Waals surface area contributed by atoms with E-state index in [-0.39, 0.29) is 18.3 Å². The number of likely N-dealkylation sites (N-methyl/N-ethyl adjacent to an activating group) is 1. The fourth-order valence-corrected chi connectivity index (χ4v) is 3.64. The molecule has 5 rings (SSSR count). The minimum Gasteiger partial charge on any atom is -0.489 e. The summed E-state index contributed by atoms with van der Waals surface area (Å²) in [6.45, 7) is 1.66. The number of H-pyrrole nitrogens is 1. The molecular formula is C23H21N7O4. The van der Waals surface area contributed by atoms with Crippen LogP contribution in [0.1, 0.15) is 27.9 Å². The van der Waals surface area contributed by atoms with E-state index in [0.717, 1.165) is 5.56 Å². The van der Waals surface area contributed by atoms with Crippen molar-refractivity contribution in [2.24, 2.45) is 0 Å². The number of fused-ring (bicyclic) bond motifs is 1. The third kappa shape index (κ3) is 4.22. The zero-order valence-electron chi connectivity index (χ0n) is 18.5. The fraction of sp³-hybridized carbons (Fsp3) is 0.217. The van der Waals surface area contributed by atoms with Gasteiger partial charge in [-0.3, -0.25) is 14.7 Å². The monoisotopic (exact) mass is 459 g/mol. The van der Waals surface area contributed by atoms with Crippen molar-refractivity contribution in [1.82, 2.24) is 30.7 Å². The van der Waals surface area contributed by atoms with Gasteiger partial charge < -0.3 is 19.4 Å². The van der Waals surface area contributed by atoms with E-state index >= 15 is 0 Å². The number of carbonyl (C=O) groups excluding carboxylic acids is 2. The van der Waals surface area contributed by atoms with Crippen molar-refractivity contribution in [2.45, 2.75) is 19.4 Å². The van der Waals surface area contributed by atoms with Gasteiger partial charge in [0.1, 0.15) is 24.2 Å². The Morgan fingerprint density at radius 2 is 2.03 bits per heavy atom. The van der Waals surface area contributed by atoms with Crippen molar-refractivity contribution < 1.29 is 18.7 Å². The number of hydrogen-bond donors (Lipinski definition) is 2. The van der Waals surface area contributed by atoms with Crippen molar-refractivity contribution in [3.8, 4) is 17.2 Å². The van der Waals surface area contributed by atoms with Crippen molar-refractivity contribution in [3.05, 3.63) is 71.6 Å². The molecule has 2 amide bonds. The topological polar surface area (TPSA) is 139 Å². The lowest BCUT2D eigenvalue weighted by atomic mass is 10.1. The number of aromatic amines is 1. The van der Waals surface area contributed by atoms with E-state index in [9.17, 15) is 9.59 Å². The molecule has 11 nitrogen and oxygen atoms in total. The molecule has 0 fully saturated rings. The summed E-state index contributed by atoms with van der Waals surface area (Å²) in [5.41, 5.74) is 2.21. The maximum atomic E-state index is 13.1. The van der Waals surface area contributed by atoms with E-state index in [1.165, 1.54) is 4.90 Å². The summed E-state index contributed by atoms with van der Waals surface area (Å²) in [5, 5.41) is 17.3. The highest BCUT2D eigenvalue weighted by Gasteiger charge is 2.32. The molecule has 2 aromatic heterocycles. The summed E-state index contributed by atoms with van der Waals surface area (Å²) in [6, 6.07) is 14.0. The molecule has 172 valence electrons. The van der Waals surface area contributed by atoms with Crippen LogP contribution in [0.25, 0.3) is 11.5 Å². The maximum absolute atomic E-state index is 13.1. The Morgan fingerprint density at radius 3 is 2.79 bits per heavy atom. The SMILES string of the molecule is Cc1nnc(-c2ccc3c(c2)N(C)C(=O)[C@H](NC(=O)c2n[nH]c(Cc4ccccc4)n2)CO3)o1. The molecule has 0 radical (unpaired) electrons. The molecule has 34 heavy (non-hydrogen) atoms. The van der Waals surface area contributed by atoms with Gasteiger partial charge in [-0.2, -0.15) is 0 Å². The van der Waals surface area contributed by atoms with E-state index in [0.29, 0.717) is 41.0 Å². The van der Waals surface area contributed by atoms with Crippen LogP contribution in [0.4, 0.5) is 5.69 Å². The van der Waals surface area contributed by atoms with Crippen molar-refractivity contribution in [2.75, 3.05) is 18.6 Å². The van der Waals surface area contributed by atoms with Gasteiger partial charge in [-0.15, -0.1) is 15.3 Å². The standard InChI is InChI=1S/C23H21N7O4/c1-13-26-29-22(34-13)15-8-9-18-17(11-15)30(2)23(32)16(12-33-18)24-21(31)20-25-19(27-28-20)10-14-6-4-3-5-7-14/h3-9,11,16H,10,12H2,1-2H3,(H,24,31)(H,25,27,28)/t16-/m1/s1. The van der Waals surface area contributed by atoms with E-state index in [2.05, 4.69) is 30.7 Å². The largest absolute Gasteiger partial charge is 0.489 e. The number of benzene rings is 2. The predicted molar refractivity (Wildman–Crippen MR) is 120 cm³/mol. The molecule has 3 heterocycles. The third-order valence-electron chi connectivity index (χ3n) is 5.38. The highest BCUT2D eigenvalue weighted by Crippen LogP contribution is 2.34. The number of aromatic nitrogens is 5.